The fraction of sp³-hybridized carbons (Fsp3) is 0.704. The monoisotopic (exact) mass is 487 g/mol. The van der Waals surface area contributed by atoms with Crippen molar-refractivity contribution < 1.29 is 33.6 Å². The normalized spacial score (nSPS) is 32.6. The van der Waals surface area contributed by atoms with Gasteiger partial charge in [-0.15, -0.1) is 0 Å². The van der Waals surface area contributed by atoms with E-state index >= 15 is 0 Å². The molecule has 0 spiro atoms. The topological polar surface area (TPSA) is 94.5 Å². The summed E-state index contributed by atoms with van der Waals surface area (Å²) < 4.78 is 24.7. The Balaban J connectivity index is 1.40. The molecule has 5 rings (SSSR count). The van der Waals surface area contributed by atoms with Crippen molar-refractivity contribution in [3.63, 3.8) is 0 Å². The van der Waals surface area contributed by atoms with Crippen molar-refractivity contribution in [2.24, 2.45) is 17.8 Å². The molecule has 5 atom stereocenters. The van der Waals surface area contributed by atoms with Crippen molar-refractivity contribution in [3.05, 3.63) is 23.8 Å². The van der Waals surface area contributed by atoms with Crippen LogP contribution in [0.3, 0.4) is 0 Å². The number of amides is 1. The van der Waals surface area contributed by atoms with Crippen LogP contribution in [0.1, 0.15) is 64.0 Å². The molecule has 0 bridgehead atoms. The lowest BCUT2D eigenvalue weighted by molar-refractivity contribution is -0.195. The van der Waals surface area contributed by atoms with Gasteiger partial charge in [0.1, 0.15) is 5.60 Å². The molecule has 0 aromatic heterocycles. The molecule has 4 aliphatic rings. The number of nitrogens with zero attached hydrogens (tertiary/aromatic N) is 1. The zero-order valence-electron chi connectivity index (χ0n) is 20.7. The number of aliphatic carboxylic acids is 1. The van der Waals surface area contributed by atoms with Gasteiger partial charge in [-0.2, -0.15) is 0 Å². The maximum Gasteiger partial charge on any atom is 0.303 e. The SMILES string of the molecule is CCOc1cccc2c1O[C@@](C)(CCC(=O)O)[C@@H]1C[C@@H]3CN(C(=O)C4CCOCC4)CC[C@H]3O[C@@H]21. The van der Waals surface area contributed by atoms with E-state index in [0.29, 0.717) is 50.8 Å². The van der Waals surface area contributed by atoms with E-state index in [1.165, 1.54) is 0 Å². The molecule has 1 amide bonds. The number of para-hydroxylation sites is 1. The summed E-state index contributed by atoms with van der Waals surface area (Å²) in [6.45, 7) is 7.18. The number of carbonyl (C=O) groups is 2. The molecule has 0 radical (unpaired) electrons. The molecule has 192 valence electrons. The van der Waals surface area contributed by atoms with E-state index in [2.05, 4.69) is 0 Å². The summed E-state index contributed by atoms with van der Waals surface area (Å²) in [5, 5.41) is 9.43. The number of carbonyl (C=O) groups excluding carboxylic acids is 1. The number of fused-ring (bicyclic) bond motifs is 4. The standard InChI is InChI=1S/C27H37NO7/c1-3-33-22-6-4-5-19-24-20(27(2,35-25(19)22)11-7-23(29)30)15-18-16-28(12-8-21(18)34-24)26(31)17-9-13-32-14-10-17/h4-6,17-18,20-21,24H,3,7-16H2,1-2H3,(H,29,30)/t18-,20-,21-,24+,27+/m1/s1. The molecule has 3 saturated heterocycles. The fourth-order valence-electron chi connectivity index (χ4n) is 6.45. The van der Waals surface area contributed by atoms with Gasteiger partial charge in [0.05, 0.1) is 18.8 Å². The highest BCUT2D eigenvalue weighted by Gasteiger charge is 2.54. The number of hydrogen-bond acceptors (Lipinski definition) is 6. The number of piperidine rings is 1. The molecule has 1 aromatic carbocycles. The third-order valence-corrected chi connectivity index (χ3v) is 8.36. The van der Waals surface area contributed by atoms with Crippen molar-refractivity contribution >= 4 is 11.9 Å². The largest absolute Gasteiger partial charge is 0.490 e. The Labute approximate surface area is 206 Å². The Morgan fingerprint density at radius 1 is 1.23 bits per heavy atom. The van der Waals surface area contributed by atoms with Gasteiger partial charge in [-0.05, 0) is 52.0 Å². The molecule has 0 unspecified atom stereocenters. The Morgan fingerprint density at radius 2 is 2.03 bits per heavy atom. The van der Waals surface area contributed by atoms with Gasteiger partial charge in [-0.3, -0.25) is 9.59 Å². The van der Waals surface area contributed by atoms with Crippen LogP contribution >= 0.6 is 0 Å². The van der Waals surface area contributed by atoms with E-state index in [0.717, 1.165) is 31.2 Å². The predicted molar refractivity (Wildman–Crippen MR) is 127 cm³/mol. The lowest BCUT2D eigenvalue weighted by Crippen LogP contribution is -2.57. The van der Waals surface area contributed by atoms with Gasteiger partial charge in [0.2, 0.25) is 5.91 Å². The van der Waals surface area contributed by atoms with Crippen LogP contribution < -0.4 is 9.47 Å². The second-order valence-electron chi connectivity index (χ2n) is 10.6. The maximum absolute atomic E-state index is 13.2. The lowest BCUT2D eigenvalue weighted by Gasteiger charge is -2.54. The van der Waals surface area contributed by atoms with E-state index in [4.69, 9.17) is 18.9 Å². The Bertz CT molecular complexity index is 945. The highest BCUT2D eigenvalue weighted by Crippen LogP contribution is 2.56. The summed E-state index contributed by atoms with van der Waals surface area (Å²) in [6, 6.07) is 5.90. The van der Waals surface area contributed by atoms with E-state index < -0.39 is 11.6 Å². The third-order valence-electron chi connectivity index (χ3n) is 8.36. The molecule has 4 heterocycles. The van der Waals surface area contributed by atoms with Gasteiger partial charge in [0, 0.05) is 56.0 Å². The minimum atomic E-state index is -0.837. The quantitative estimate of drug-likeness (QED) is 0.652. The summed E-state index contributed by atoms with van der Waals surface area (Å²) in [5.74, 6) is 1.01. The number of likely N-dealkylation sites (tertiary alicyclic amines) is 1. The van der Waals surface area contributed by atoms with Gasteiger partial charge in [0.15, 0.2) is 11.5 Å². The van der Waals surface area contributed by atoms with Crippen LogP contribution in [0.15, 0.2) is 18.2 Å². The highest BCUT2D eigenvalue weighted by molar-refractivity contribution is 5.79. The molecule has 35 heavy (non-hydrogen) atoms. The summed E-state index contributed by atoms with van der Waals surface area (Å²) >= 11 is 0. The zero-order valence-corrected chi connectivity index (χ0v) is 20.7. The van der Waals surface area contributed by atoms with Crippen LogP contribution in [0.2, 0.25) is 0 Å². The number of hydrogen-bond donors (Lipinski definition) is 1. The van der Waals surface area contributed by atoms with Crippen molar-refractivity contribution in [2.45, 2.75) is 70.2 Å². The average Bonchev–Trinajstić information content (AvgIpc) is 2.87. The number of carboxylic acids is 1. The van der Waals surface area contributed by atoms with Gasteiger partial charge in [-0.25, -0.2) is 0 Å². The molecule has 1 N–H and O–H groups in total. The molecule has 3 fully saturated rings. The van der Waals surface area contributed by atoms with Crippen molar-refractivity contribution in [1.29, 1.82) is 0 Å². The van der Waals surface area contributed by atoms with Gasteiger partial charge < -0.3 is 29.0 Å². The molecule has 0 aliphatic carbocycles. The van der Waals surface area contributed by atoms with Crippen LogP contribution in [0.4, 0.5) is 0 Å². The molecule has 4 aliphatic heterocycles. The molecule has 8 nitrogen and oxygen atoms in total. The zero-order chi connectivity index (χ0) is 24.6. The maximum atomic E-state index is 13.2. The van der Waals surface area contributed by atoms with Crippen LogP contribution in [0, 0.1) is 17.8 Å². The fourth-order valence-corrected chi connectivity index (χ4v) is 6.45. The van der Waals surface area contributed by atoms with Crippen LogP contribution in [-0.2, 0) is 19.1 Å². The van der Waals surface area contributed by atoms with Crippen LogP contribution in [0.5, 0.6) is 11.5 Å². The first-order valence-electron chi connectivity index (χ1n) is 13.1. The summed E-state index contributed by atoms with van der Waals surface area (Å²) in [4.78, 5) is 26.7. The van der Waals surface area contributed by atoms with E-state index in [1.807, 2.05) is 36.9 Å². The van der Waals surface area contributed by atoms with Crippen LogP contribution in [-0.4, -0.2) is 66.5 Å². The number of carboxylic acid groups (broad SMARTS) is 1. The number of benzene rings is 1. The molecule has 8 heteroatoms. The number of ether oxygens (including phenoxy) is 4. The minimum absolute atomic E-state index is 0.00870. The Hall–Kier alpha value is -2.32. The smallest absolute Gasteiger partial charge is 0.303 e. The molecular formula is C27H37NO7. The van der Waals surface area contributed by atoms with Gasteiger partial charge in [-0.1, -0.05) is 12.1 Å². The summed E-state index contributed by atoms with van der Waals surface area (Å²) in [5.41, 5.74) is 0.272. The third kappa shape index (κ3) is 4.75. The number of rotatable bonds is 6. The van der Waals surface area contributed by atoms with Gasteiger partial charge in [0.25, 0.3) is 0 Å². The van der Waals surface area contributed by atoms with Crippen LogP contribution in [0.25, 0.3) is 0 Å². The summed E-state index contributed by atoms with van der Waals surface area (Å²) in [7, 11) is 0. The molecular weight excluding hydrogens is 450 g/mol. The van der Waals surface area contributed by atoms with Crippen molar-refractivity contribution in [2.75, 3.05) is 32.9 Å². The molecule has 0 saturated carbocycles. The second-order valence-corrected chi connectivity index (χ2v) is 10.6. The average molecular weight is 488 g/mol. The summed E-state index contributed by atoms with van der Waals surface area (Å²) in [6.07, 6.45) is 3.54. The first-order chi connectivity index (χ1) is 16.9. The first kappa shape index (κ1) is 24.4. The highest BCUT2D eigenvalue weighted by atomic mass is 16.5. The Kier molecular flexibility index (Phi) is 6.95. The minimum Gasteiger partial charge on any atom is -0.490 e. The van der Waals surface area contributed by atoms with Crippen molar-refractivity contribution in [1.82, 2.24) is 4.90 Å². The Morgan fingerprint density at radius 3 is 2.77 bits per heavy atom. The van der Waals surface area contributed by atoms with E-state index in [1.54, 1.807) is 0 Å². The van der Waals surface area contributed by atoms with Crippen molar-refractivity contribution in [3.8, 4) is 11.5 Å². The first-order valence-corrected chi connectivity index (χ1v) is 13.1. The molecule has 1 aromatic rings. The van der Waals surface area contributed by atoms with Gasteiger partial charge >= 0.3 is 5.97 Å². The van der Waals surface area contributed by atoms with E-state index in [-0.39, 0.29) is 42.3 Å². The second kappa shape index (κ2) is 9.97. The lowest BCUT2D eigenvalue weighted by atomic mass is 9.68. The van der Waals surface area contributed by atoms with E-state index in [9.17, 15) is 14.7 Å². The predicted octanol–water partition coefficient (Wildman–Crippen LogP) is 3.82.